The first-order valence-electron chi connectivity index (χ1n) is 5.69. The van der Waals surface area contributed by atoms with E-state index in [9.17, 15) is 21.6 Å². The van der Waals surface area contributed by atoms with Crippen LogP contribution in [0.25, 0.3) is 0 Å². The molecule has 21 heavy (non-hydrogen) atoms. The predicted molar refractivity (Wildman–Crippen MR) is 72.1 cm³/mol. The van der Waals surface area contributed by atoms with Gasteiger partial charge >= 0.3 is 6.18 Å². The Labute approximate surface area is 128 Å². The molecule has 0 saturated carbocycles. The number of rotatable bonds is 7. The largest absolute Gasteiger partial charge is 0.411 e. The number of benzene rings is 1. The summed E-state index contributed by atoms with van der Waals surface area (Å²) >= 11 is 3.06. The molecular weight excluding hydrogens is 379 g/mol. The Morgan fingerprint density at radius 3 is 2.52 bits per heavy atom. The van der Waals surface area contributed by atoms with Crippen molar-refractivity contribution in [1.29, 1.82) is 0 Å². The molecule has 10 heteroatoms. The van der Waals surface area contributed by atoms with E-state index >= 15 is 0 Å². The van der Waals surface area contributed by atoms with E-state index < -0.39 is 29.4 Å². The molecule has 0 radical (unpaired) electrons. The van der Waals surface area contributed by atoms with Gasteiger partial charge in [-0.15, -0.1) is 0 Å². The van der Waals surface area contributed by atoms with E-state index in [0.29, 0.717) is 5.56 Å². The van der Waals surface area contributed by atoms with Crippen LogP contribution in [-0.2, 0) is 21.4 Å². The number of hydrogen-bond acceptors (Lipinski definition) is 4. The molecule has 1 aromatic rings. The molecule has 0 bridgehead atoms. The number of hydrogen-bond donors (Lipinski definition) is 2. The first-order chi connectivity index (χ1) is 9.65. The molecule has 0 heterocycles. The summed E-state index contributed by atoms with van der Waals surface area (Å²) in [6, 6.07) is 4.16. The highest BCUT2D eigenvalue weighted by molar-refractivity contribution is 9.10. The molecule has 0 atom stereocenters. The first-order valence-corrected chi connectivity index (χ1v) is 7.97. The zero-order chi connectivity index (χ0) is 16.1. The molecule has 2 N–H and O–H groups in total. The molecule has 0 amide bonds. The van der Waals surface area contributed by atoms with E-state index in [-0.39, 0.29) is 22.5 Å². The Morgan fingerprint density at radius 1 is 1.33 bits per heavy atom. The summed E-state index contributed by atoms with van der Waals surface area (Å²) in [5.74, 6) is 0. The molecule has 0 aliphatic heterocycles. The van der Waals surface area contributed by atoms with Crippen molar-refractivity contribution in [3.05, 3.63) is 28.2 Å². The van der Waals surface area contributed by atoms with Crippen LogP contribution in [0.4, 0.5) is 13.2 Å². The molecule has 0 aliphatic rings. The Kier molecular flexibility index (Phi) is 6.60. The maximum Gasteiger partial charge on any atom is 0.411 e. The third-order valence-electron chi connectivity index (χ3n) is 2.27. The molecule has 0 unspecified atom stereocenters. The zero-order valence-electron chi connectivity index (χ0n) is 10.7. The lowest BCUT2D eigenvalue weighted by Gasteiger charge is -2.10. The quantitative estimate of drug-likeness (QED) is 0.694. The lowest BCUT2D eigenvalue weighted by Crippen LogP contribution is -2.29. The molecule has 0 spiro atoms. The predicted octanol–water partition coefficient (Wildman–Crippen LogP) is 1.80. The molecule has 0 saturated heterocycles. The average molecular weight is 392 g/mol. The molecule has 0 aliphatic carbocycles. The zero-order valence-corrected chi connectivity index (χ0v) is 13.1. The number of ether oxygens (including phenoxy) is 1. The number of aliphatic hydroxyl groups is 1. The Morgan fingerprint density at radius 2 is 2.00 bits per heavy atom. The van der Waals surface area contributed by atoms with Crippen LogP contribution in [0.5, 0.6) is 0 Å². The van der Waals surface area contributed by atoms with E-state index in [4.69, 9.17) is 5.11 Å². The van der Waals surface area contributed by atoms with Crippen molar-refractivity contribution in [2.75, 3.05) is 19.8 Å². The van der Waals surface area contributed by atoms with Crippen molar-refractivity contribution >= 4 is 26.0 Å². The summed E-state index contributed by atoms with van der Waals surface area (Å²) in [5, 5.41) is 8.93. The van der Waals surface area contributed by atoms with Crippen LogP contribution in [0.3, 0.4) is 0 Å². The molecular formula is C11H13BrF3NO4S. The van der Waals surface area contributed by atoms with Gasteiger partial charge in [0.15, 0.2) is 0 Å². The third kappa shape index (κ3) is 6.30. The first kappa shape index (κ1) is 18.4. The molecule has 1 aromatic carbocycles. The van der Waals surface area contributed by atoms with Gasteiger partial charge in [-0.25, -0.2) is 13.1 Å². The fraction of sp³-hybridized carbons (Fsp3) is 0.455. The highest BCUT2D eigenvalue weighted by atomic mass is 79.9. The third-order valence-corrected chi connectivity index (χ3v) is 4.71. The highest BCUT2D eigenvalue weighted by Crippen LogP contribution is 2.23. The number of aliphatic hydroxyl groups excluding tert-OH is 1. The topological polar surface area (TPSA) is 75.6 Å². The number of nitrogens with one attached hydrogen (secondary N) is 1. The van der Waals surface area contributed by atoms with Crippen molar-refractivity contribution in [2.24, 2.45) is 0 Å². The van der Waals surface area contributed by atoms with Crippen LogP contribution in [0, 0.1) is 0 Å². The molecule has 120 valence electrons. The monoisotopic (exact) mass is 391 g/mol. The minimum Gasteiger partial charge on any atom is -0.392 e. The highest BCUT2D eigenvalue weighted by Gasteiger charge is 2.27. The van der Waals surface area contributed by atoms with Gasteiger partial charge in [0.05, 0.1) is 18.1 Å². The second kappa shape index (κ2) is 7.54. The van der Waals surface area contributed by atoms with Crippen LogP contribution >= 0.6 is 15.9 Å². The number of halogens is 4. The Balaban J connectivity index is 2.58. The van der Waals surface area contributed by atoms with Gasteiger partial charge in [0.1, 0.15) is 6.61 Å². The van der Waals surface area contributed by atoms with Crippen molar-refractivity contribution in [1.82, 2.24) is 4.72 Å². The van der Waals surface area contributed by atoms with E-state index in [1.807, 2.05) is 0 Å². The summed E-state index contributed by atoms with van der Waals surface area (Å²) in [4.78, 5) is -0.0736. The van der Waals surface area contributed by atoms with Crippen LogP contribution in [0.1, 0.15) is 5.56 Å². The molecule has 0 fully saturated rings. The van der Waals surface area contributed by atoms with E-state index in [2.05, 4.69) is 25.4 Å². The van der Waals surface area contributed by atoms with Crippen LogP contribution in [0.15, 0.2) is 27.6 Å². The van der Waals surface area contributed by atoms with Gasteiger partial charge in [-0.05, 0) is 33.6 Å². The van der Waals surface area contributed by atoms with E-state index in [0.717, 1.165) is 0 Å². The molecule has 5 nitrogen and oxygen atoms in total. The van der Waals surface area contributed by atoms with Gasteiger partial charge in [0, 0.05) is 11.0 Å². The van der Waals surface area contributed by atoms with Crippen LogP contribution in [-0.4, -0.2) is 39.5 Å². The summed E-state index contributed by atoms with van der Waals surface area (Å²) in [6.07, 6.45) is -4.44. The van der Waals surface area contributed by atoms with E-state index in [1.54, 1.807) is 0 Å². The number of alkyl halides is 3. The van der Waals surface area contributed by atoms with Crippen molar-refractivity contribution in [3.63, 3.8) is 0 Å². The maximum absolute atomic E-state index is 11.9. The smallest absolute Gasteiger partial charge is 0.392 e. The van der Waals surface area contributed by atoms with Crippen molar-refractivity contribution in [3.8, 4) is 0 Å². The standard InChI is InChI=1S/C11H13BrF3NO4S/c12-9-5-8(6-17)1-2-10(9)21(18,19)16-3-4-20-7-11(13,14)15/h1-2,5,16-17H,3-4,6-7H2. The lowest BCUT2D eigenvalue weighted by molar-refractivity contribution is -0.173. The summed E-state index contributed by atoms with van der Waals surface area (Å²) in [6.45, 7) is -2.35. The van der Waals surface area contributed by atoms with Gasteiger partial charge in [-0.3, -0.25) is 0 Å². The number of sulfonamides is 1. The summed E-state index contributed by atoms with van der Waals surface area (Å²) in [5.41, 5.74) is 0.523. The van der Waals surface area contributed by atoms with E-state index in [1.165, 1.54) is 18.2 Å². The molecule has 1 rings (SSSR count). The van der Waals surface area contributed by atoms with Gasteiger partial charge in [-0.2, -0.15) is 13.2 Å². The lowest BCUT2D eigenvalue weighted by atomic mass is 10.2. The minimum absolute atomic E-state index is 0.0736. The molecule has 0 aromatic heterocycles. The normalized spacial score (nSPS) is 12.6. The minimum atomic E-state index is -4.44. The van der Waals surface area contributed by atoms with Crippen molar-refractivity contribution in [2.45, 2.75) is 17.7 Å². The van der Waals surface area contributed by atoms with Gasteiger partial charge < -0.3 is 9.84 Å². The van der Waals surface area contributed by atoms with Gasteiger partial charge in [0.2, 0.25) is 10.0 Å². The fourth-order valence-electron chi connectivity index (χ4n) is 1.37. The second-order valence-corrected chi connectivity index (χ2v) is 6.58. The fourth-order valence-corrected chi connectivity index (χ4v) is 3.51. The Hall–Kier alpha value is -0.680. The van der Waals surface area contributed by atoms with Crippen LogP contribution < -0.4 is 4.72 Å². The van der Waals surface area contributed by atoms with Crippen LogP contribution in [0.2, 0.25) is 0 Å². The maximum atomic E-state index is 11.9. The summed E-state index contributed by atoms with van der Waals surface area (Å²) < 4.78 is 66.0. The van der Waals surface area contributed by atoms with Gasteiger partial charge in [0.25, 0.3) is 0 Å². The average Bonchev–Trinajstić information content (AvgIpc) is 2.36. The van der Waals surface area contributed by atoms with Gasteiger partial charge in [-0.1, -0.05) is 6.07 Å². The second-order valence-electron chi connectivity index (χ2n) is 3.99. The van der Waals surface area contributed by atoms with Crippen molar-refractivity contribution < 1.29 is 31.4 Å². The SMILES string of the molecule is O=S(=O)(NCCOCC(F)(F)F)c1ccc(CO)cc1Br. The summed E-state index contributed by atoms with van der Waals surface area (Å²) in [7, 11) is -3.87. The Bertz CT molecular complexity index is 577.